The van der Waals surface area contributed by atoms with Crippen LogP contribution >= 0.6 is 0 Å². The lowest BCUT2D eigenvalue weighted by Gasteiger charge is -2.31. The smallest absolute Gasteiger partial charge is 0.359 e. The molecule has 2 aromatic heterocycles. The molecule has 0 saturated heterocycles. The van der Waals surface area contributed by atoms with Gasteiger partial charge in [-0.3, -0.25) is 0 Å². The fourth-order valence-corrected chi connectivity index (χ4v) is 4.20. The number of hydrogen-bond acceptors (Lipinski definition) is 7. The Kier molecular flexibility index (Phi) is 6.69. The zero-order chi connectivity index (χ0) is 22.7. The van der Waals surface area contributed by atoms with E-state index in [1.807, 2.05) is 6.08 Å². The van der Waals surface area contributed by atoms with E-state index in [2.05, 4.69) is 53.1 Å². The summed E-state index contributed by atoms with van der Waals surface area (Å²) in [5.41, 5.74) is 5.63. The minimum atomic E-state index is -0.439. The first-order valence-electron chi connectivity index (χ1n) is 11.4. The second kappa shape index (κ2) is 9.65. The fourth-order valence-electron chi connectivity index (χ4n) is 4.20. The van der Waals surface area contributed by atoms with E-state index in [9.17, 15) is 4.79 Å². The number of aromatic nitrogens is 4. The van der Waals surface area contributed by atoms with Gasteiger partial charge in [-0.1, -0.05) is 13.3 Å². The minimum Gasteiger partial charge on any atom is -0.461 e. The molecule has 1 aliphatic heterocycles. The summed E-state index contributed by atoms with van der Waals surface area (Å²) in [5.74, 6) is 0.108. The molecular formula is C24H31N5O3. The lowest BCUT2D eigenvalue weighted by molar-refractivity contribution is 0.0491. The van der Waals surface area contributed by atoms with Crippen LogP contribution in [0.25, 0.3) is 11.7 Å². The Hall–Kier alpha value is -3.00. The van der Waals surface area contributed by atoms with Crippen molar-refractivity contribution in [2.24, 2.45) is 0 Å². The maximum Gasteiger partial charge on any atom is 0.359 e. The van der Waals surface area contributed by atoms with Gasteiger partial charge >= 0.3 is 5.97 Å². The number of nitrogens with zero attached hydrogens (tertiary/aromatic N) is 5. The molecule has 0 amide bonds. The molecule has 32 heavy (non-hydrogen) atoms. The van der Waals surface area contributed by atoms with Crippen LogP contribution in [0.1, 0.15) is 66.1 Å². The number of methoxy groups -OCH3 is 1. The van der Waals surface area contributed by atoms with Crippen LogP contribution in [0.2, 0.25) is 0 Å². The maximum absolute atomic E-state index is 12.9. The van der Waals surface area contributed by atoms with Gasteiger partial charge in [-0.25, -0.2) is 4.79 Å². The summed E-state index contributed by atoms with van der Waals surface area (Å²) in [7, 11) is 1.59. The summed E-state index contributed by atoms with van der Waals surface area (Å²) >= 11 is 0. The molecule has 3 aromatic rings. The summed E-state index contributed by atoms with van der Waals surface area (Å²) in [6, 6.07) is 4.48. The predicted molar refractivity (Wildman–Crippen MR) is 123 cm³/mol. The highest BCUT2D eigenvalue weighted by Crippen LogP contribution is 2.30. The van der Waals surface area contributed by atoms with E-state index >= 15 is 0 Å². The van der Waals surface area contributed by atoms with Crippen molar-refractivity contribution in [3.05, 3.63) is 45.6 Å². The van der Waals surface area contributed by atoms with Crippen molar-refractivity contribution in [2.45, 2.75) is 53.1 Å². The molecule has 3 heterocycles. The van der Waals surface area contributed by atoms with Gasteiger partial charge in [0.25, 0.3) is 0 Å². The van der Waals surface area contributed by atoms with Gasteiger partial charge in [0.1, 0.15) is 6.61 Å². The summed E-state index contributed by atoms with van der Waals surface area (Å²) < 4.78 is 12.3. The second-order valence-corrected chi connectivity index (χ2v) is 8.20. The number of ether oxygens (including phenoxy) is 2. The van der Waals surface area contributed by atoms with E-state index in [1.54, 1.807) is 11.6 Å². The molecule has 0 spiro atoms. The number of benzene rings is 1. The molecule has 0 aliphatic carbocycles. The number of unbranched alkanes of at least 4 members (excludes halogenated alkanes) is 1. The van der Waals surface area contributed by atoms with Crippen LogP contribution in [-0.2, 0) is 22.5 Å². The number of carbonyl (C=O) groups excluding carboxylic acids is 1. The van der Waals surface area contributed by atoms with Gasteiger partial charge in [0, 0.05) is 25.9 Å². The van der Waals surface area contributed by atoms with Crippen LogP contribution in [0, 0.1) is 6.92 Å². The molecule has 0 N–H and O–H groups in total. The Morgan fingerprint density at radius 3 is 2.84 bits per heavy atom. The SMILES string of the molecule is CCCCOC(=O)c1nn2c(COC)nnc2c1=Cc1cc2c(cc1C)N(CC)CCC2. The molecule has 4 rings (SSSR count). The number of anilines is 1. The average Bonchev–Trinajstić information content (AvgIpc) is 3.34. The maximum atomic E-state index is 12.9. The number of carbonyl (C=O) groups is 1. The lowest BCUT2D eigenvalue weighted by atomic mass is 9.95. The van der Waals surface area contributed by atoms with Crippen molar-refractivity contribution in [1.29, 1.82) is 0 Å². The van der Waals surface area contributed by atoms with Gasteiger partial charge in [0.15, 0.2) is 17.2 Å². The van der Waals surface area contributed by atoms with Crippen LogP contribution < -0.4 is 10.1 Å². The van der Waals surface area contributed by atoms with Crippen molar-refractivity contribution in [1.82, 2.24) is 19.8 Å². The Labute approximate surface area is 188 Å². The Morgan fingerprint density at radius 2 is 2.09 bits per heavy atom. The van der Waals surface area contributed by atoms with E-state index in [0.29, 0.717) is 23.3 Å². The molecule has 0 radical (unpaired) electrons. The Morgan fingerprint density at radius 1 is 1.25 bits per heavy atom. The van der Waals surface area contributed by atoms with Gasteiger partial charge in [-0.15, -0.1) is 10.2 Å². The first-order valence-corrected chi connectivity index (χ1v) is 11.4. The number of fused-ring (bicyclic) bond motifs is 2. The highest BCUT2D eigenvalue weighted by molar-refractivity contribution is 5.90. The van der Waals surface area contributed by atoms with Crippen molar-refractivity contribution < 1.29 is 14.3 Å². The fraction of sp³-hybridized carbons (Fsp3) is 0.500. The first kappa shape index (κ1) is 22.2. The Balaban J connectivity index is 1.83. The molecule has 170 valence electrons. The van der Waals surface area contributed by atoms with E-state index in [1.165, 1.54) is 11.3 Å². The molecule has 0 unspecified atom stereocenters. The van der Waals surface area contributed by atoms with Crippen LogP contribution in [0.4, 0.5) is 5.69 Å². The lowest BCUT2D eigenvalue weighted by Crippen LogP contribution is -2.29. The quantitative estimate of drug-likeness (QED) is 0.396. The zero-order valence-electron chi connectivity index (χ0n) is 19.3. The van der Waals surface area contributed by atoms with Crippen molar-refractivity contribution in [3.8, 4) is 0 Å². The number of rotatable bonds is 8. The molecule has 1 aromatic carbocycles. The van der Waals surface area contributed by atoms with Crippen LogP contribution in [0.3, 0.4) is 0 Å². The third kappa shape index (κ3) is 4.19. The monoisotopic (exact) mass is 437 g/mol. The van der Waals surface area contributed by atoms with Crippen molar-refractivity contribution >= 4 is 23.4 Å². The van der Waals surface area contributed by atoms with E-state index in [0.717, 1.165) is 49.9 Å². The molecule has 1 aliphatic rings. The van der Waals surface area contributed by atoms with Crippen LogP contribution in [0.15, 0.2) is 12.1 Å². The summed E-state index contributed by atoms with van der Waals surface area (Å²) in [6.07, 6.45) is 5.96. The zero-order valence-corrected chi connectivity index (χ0v) is 19.3. The summed E-state index contributed by atoms with van der Waals surface area (Å²) in [4.78, 5) is 15.3. The highest BCUT2D eigenvalue weighted by Gasteiger charge is 2.22. The standard InChI is InChI=1S/C24H31N5O3/c1-5-7-11-32-24(30)22-19(23-26-25-21(15-31-4)29(23)27-22)14-18-13-17-9-8-10-28(6-2)20(17)12-16(18)3/h12-14H,5-11,15H2,1-4H3. The Bertz CT molecular complexity index is 1170. The summed E-state index contributed by atoms with van der Waals surface area (Å²) in [6.45, 7) is 9.07. The molecule has 0 atom stereocenters. The third-order valence-corrected chi connectivity index (χ3v) is 5.96. The topological polar surface area (TPSA) is 81.8 Å². The van der Waals surface area contributed by atoms with Crippen molar-refractivity contribution in [3.63, 3.8) is 0 Å². The normalized spacial score (nSPS) is 14.2. The van der Waals surface area contributed by atoms with Gasteiger partial charge < -0.3 is 14.4 Å². The predicted octanol–water partition coefficient (Wildman–Crippen LogP) is 2.86. The molecular weight excluding hydrogens is 406 g/mol. The minimum absolute atomic E-state index is 0.257. The molecule has 0 saturated carbocycles. The third-order valence-electron chi connectivity index (χ3n) is 5.96. The number of aryl methyl sites for hydroxylation is 2. The van der Waals surface area contributed by atoms with Gasteiger partial charge in [0.05, 0.1) is 11.8 Å². The van der Waals surface area contributed by atoms with Crippen LogP contribution in [-0.4, -0.2) is 52.6 Å². The van der Waals surface area contributed by atoms with Crippen LogP contribution in [0.5, 0.6) is 0 Å². The average molecular weight is 438 g/mol. The largest absolute Gasteiger partial charge is 0.461 e. The highest BCUT2D eigenvalue weighted by atomic mass is 16.5. The van der Waals surface area contributed by atoms with Crippen molar-refractivity contribution in [2.75, 3.05) is 31.7 Å². The van der Waals surface area contributed by atoms with Gasteiger partial charge in [-0.05, 0) is 68.0 Å². The van der Waals surface area contributed by atoms with Gasteiger partial charge in [0.2, 0.25) is 0 Å². The number of esters is 1. The molecule has 8 nitrogen and oxygen atoms in total. The van der Waals surface area contributed by atoms with E-state index < -0.39 is 5.97 Å². The first-order chi connectivity index (χ1) is 15.6. The summed E-state index contributed by atoms with van der Waals surface area (Å²) in [5, 5.41) is 13.6. The van der Waals surface area contributed by atoms with E-state index in [4.69, 9.17) is 9.47 Å². The van der Waals surface area contributed by atoms with E-state index in [-0.39, 0.29) is 12.3 Å². The molecule has 8 heteroatoms. The number of hydrogen-bond donors (Lipinski definition) is 0. The van der Waals surface area contributed by atoms with Gasteiger partial charge in [-0.2, -0.15) is 9.61 Å². The molecule has 0 fully saturated rings. The molecule has 0 bridgehead atoms. The second-order valence-electron chi connectivity index (χ2n) is 8.20.